The van der Waals surface area contributed by atoms with Crippen molar-refractivity contribution in [2.24, 2.45) is 0 Å². The average molecular weight is 423 g/mol. The van der Waals surface area contributed by atoms with Gasteiger partial charge in [0.1, 0.15) is 5.82 Å². The molecule has 0 bridgehead atoms. The molecule has 0 atom stereocenters. The fraction of sp³-hybridized carbons (Fsp3) is 0.375. The SMILES string of the molecule is Cc1cccc(C(=O)N2CCC(N3CCN(Cc4cccc(F)c4)C(=O)C3=O)CC2)c1. The molecule has 2 aromatic rings. The number of nitrogens with zero attached hydrogens (tertiary/aromatic N) is 3. The first kappa shape index (κ1) is 21.0. The maximum atomic E-state index is 13.4. The Bertz CT molecular complexity index is 1000. The van der Waals surface area contributed by atoms with Crippen molar-refractivity contribution in [2.75, 3.05) is 26.2 Å². The Hall–Kier alpha value is -3.22. The van der Waals surface area contributed by atoms with Gasteiger partial charge in [-0.1, -0.05) is 29.8 Å². The molecule has 4 rings (SSSR count). The molecule has 0 radical (unpaired) electrons. The Labute approximate surface area is 181 Å². The molecule has 7 heteroatoms. The van der Waals surface area contributed by atoms with Crippen LogP contribution >= 0.6 is 0 Å². The molecule has 2 fully saturated rings. The number of carbonyl (C=O) groups is 3. The minimum atomic E-state index is -0.547. The second kappa shape index (κ2) is 8.88. The molecular formula is C24H26FN3O3. The van der Waals surface area contributed by atoms with Gasteiger partial charge in [0.15, 0.2) is 0 Å². The van der Waals surface area contributed by atoms with Crippen molar-refractivity contribution in [3.63, 3.8) is 0 Å². The molecule has 162 valence electrons. The highest BCUT2D eigenvalue weighted by Gasteiger charge is 2.38. The lowest BCUT2D eigenvalue weighted by Gasteiger charge is -2.42. The maximum absolute atomic E-state index is 13.4. The number of hydrogen-bond donors (Lipinski definition) is 0. The molecule has 0 aliphatic carbocycles. The highest BCUT2D eigenvalue weighted by atomic mass is 19.1. The molecule has 0 spiro atoms. The smallest absolute Gasteiger partial charge is 0.312 e. The molecule has 0 aromatic heterocycles. The van der Waals surface area contributed by atoms with Crippen LogP contribution in [0.4, 0.5) is 4.39 Å². The molecule has 3 amide bonds. The quantitative estimate of drug-likeness (QED) is 0.711. The average Bonchev–Trinajstić information content (AvgIpc) is 2.77. The summed E-state index contributed by atoms with van der Waals surface area (Å²) >= 11 is 0. The third-order valence-corrected chi connectivity index (χ3v) is 6.06. The molecule has 31 heavy (non-hydrogen) atoms. The van der Waals surface area contributed by atoms with Gasteiger partial charge in [-0.3, -0.25) is 14.4 Å². The standard InChI is InChI=1S/C24H26FN3O3/c1-17-4-2-6-19(14-17)22(29)26-10-8-21(9-11-26)28-13-12-27(23(30)24(28)31)16-18-5-3-7-20(25)15-18/h2-7,14-15,21H,8-13,16H2,1H3. The Kier molecular flexibility index (Phi) is 6.02. The van der Waals surface area contributed by atoms with E-state index >= 15 is 0 Å². The third-order valence-electron chi connectivity index (χ3n) is 6.06. The van der Waals surface area contributed by atoms with E-state index in [0.717, 1.165) is 5.56 Å². The number of carbonyl (C=O) groups excluding carboxylic acids is 3. The van der Waals surface area contributed by atoms with Crippen molar-refractivity contribution in [3.05, 3.63) is 71.0 Å². The molecule has 2 aliphatic rings. The minimum absolute atomic E-state index is 0.00413. The van der Waals surface area contributed by atoms with E-state index in [1.165, 1.54) is 17.0 Å². The zero-order valence-electron chi connectivity index (χ0n) is 17.6. The van der Waals surface area contributed by atoms with Crippen LogP contribution in [0.25, 0.3) is 0 Å². The molecule has 0 unspecified atom stereocenters. The molecule has 2 aliphatic heterocycles. The second-order valence-corrected chi connectivity index (χ2v) is 8.25. The van der Waals surface area contributed by atoms with E-state index in [0.29, 0.717) is 50.1 Å². The predicted molar refractivity (Wildman–Crippen MR) is 114 cm³/mol. The Morgan fingerprint density at radius 2 is 1.71 bits per heavy atom. The van der Waals surface area contributed by atoms with Crippen molar-refractivity contribution >= 4 is 17.7 Å². The van der Waals surface area contributed by atoms with Crippen LogP contribution in [0.1, 0.15) is 34.3 Å². The third kappa shape index (κ3) is 4.60. The van der Waals surface area contributed by atoms with E-state index in [9.17, 15) is 18.8 Å². The van der Waals surface area contributed by atoms with E-state index in [1.807, 2.05) is 36.1 Å². The number of aryl methyl sites for hydroxylation is 1. The van der Waals surface area contributed by atoms with Gasteiger partial charge < -0.3 is 14.7 Å². The summed E-state index contributed by atoms with van der Waals surface area (Å²) in [6.07, 6.45) is 1.31. The number of halogens is 1. The Morgan fingerprint density at radius 3 is 2.42 bits per heavy atom. The zero-order valence-corrected chi connectivity index (χ0v) is 17.6. The highest BCUT2D eigenvalue weighted by Crippen LogP contribution is 2.22. The molecule has 0 saturated carbocycles. The van der Waals surface area contributed by atoms with Crippen molar-refractivity contribution in [1.82, 2.24) is 14.7 Å². The van der Waals surface area contributed by atoms with Gasteiger partial charge in [0.25, 0.3) is 5.91 Å². The van der Waals surface area contributed by atoms with Gasteiger partial charge in [-0.25, -0.2) is 4.39 Å². The first-order chi connectivity index (χ1) is 14.9. The van der Waals surface area contributed by atoms with Gasteiger partial charge >= 0.3 is 11.8 Å². The number of piperidine rings is 1. The summed E-state index contributed by atoms with van der Waals surface area (Å²) in [6, 6.07) is 13.6. The first-order valence-corrected chi connectivity index (χ1v) is 10.6. The summed E-state index contributed by atoms with van der Waals surface area (Å²) in [4.78, 5) is 43.1. The van der Waals surface area contributed by atoms with Gasteiger partial charge in [-0.2, -0.15) is 0 Å². The molecule has 2 saturated heterocycles. The van der Waals surface area contributed by atoms with Gasteiger partial charge in [0.05, 0.1) is 0 Å². The zero-order chi connectivity index (χ0) is 22.0. The summed E-state index contributed by atoms with van der Waals surface area (Å²) in [6.45, 7) is 4.17. The van der Waals surface area contributed by atoms with E-state index in [2.05, 4.69) is 0 Å². The summed E-state index contributed by atoms with van der Waals surface area (Å²) in [5.41, 5.74) is 2.38. The number of likely N-dealkylation sites (tertiary alicyclic amines) is 1. The van der Waals surface area contributed by atoms with E-state index < -0.39 is 11.8 Å². The minimum Gasteiger partial charge on any atom is -0.338 e. The van der Waals surface area contributed by atoms with Crippen LogP contribution in [0, 0.1) is 12.7 Å². The Balaban J connectivity index is 1.34. The number of piperazine rings is 1. The van der Waals surface area contributed by atoms with Crippen LogP contribution in [-0.2, 0) is 16.1 Å². The predicted octanol–water partition coefficient (Wildman–Crippen LogP) is 2.61. The summed E-state index contributed by atoms with van der Waals surface area (Å²) in [5.74, 6) is -1.41. The molecule has 2 aromatic carbocycles. The van der Waals surface area contributed by atoms with Gasteiger partial charge in [0.2, 0.25) is 0 Å². The lowest BCUT2D eigenvalue weighted by Crippen LogP contribution is -2.59. The number of benzene rings is 2. The van der Waals surface area contributed by atoms with E-state index in [4.69, 9.17) is 0 Å². The topological polar surface area (TPSA) is 60.9 Å². The lowest BCUT2D eigenvalue weighted by molar-refractivity contribution is -0.158. The van der Waals surface area contributed by atoms with Crippen LogP contribution in [-0.4, -0.2) is 64.6 Å². The number of amides is 3. The van der Waals surface area contributed by atoms with Crippen LogP contribution in [0.15, 0.2) is 48.5 Å². The van der Waals surface area contributed by atoms with Crippen LogP contribution in [0.5, 0.6) is 0 Å². The largest absolute Gasteiger partial charge is 0.338 e. The fourth-order valence-corrected chi connectivity index (χ4v) is 4.39. The fourth-order valence-electron chi connectivity index (χ4n) is 4.39. The molecular weight excluding hydrogens is 397 g/mol. The number of hydrogen-bond acceptors (Lipinski definition) is 3. The van der Waals surface area contributed by atoms with Crippen molar-refractivity contribution < 1.29 is 18.8 Å². The summed E-state index contributed by atoms with van der Waals surface area (Å²) in [5, 5.41) is 0. The van der Waals surface area contributed by atoms with Crippen molar-refractivity contribution in [2.45, 2.75) is 32.4 Å². The first-order valence-electron chi connectivity index (χ1n) is 10.6. The van der Waals surface area contributed by atoms with Crippen molar-refractivity contribution in [1.29, 1.82) is 0 Å². The molecule has 2 heterocycles. The van der Waals surface area contributed by atoms with Gasteiger partial charge in [-0.05, 0) is 49.6 Å². The van der Waals surface area contributed by atoms with Crippen molar-refractivity contribution in [3.8, 4) is 0 Å². The van der Waals surface area contributed by atoms with Crippen LogP contribution < -0.4 is 0 Å². The second-order valence-electron chi connectivity index (χ2n) is 8.25. The maximum Gasteiger partial charge on any atom is 0.312 e. The van der Waals surface area contributed by atoms with Crippen LogP contribution in [0.3, 0.4) is 0 Å². The molecule has 0 N–H and O–H groups in total. The summed E-state index contributed by atoms with van der Waals surface area (Å²) < 4.78 is 13.4. The molecule has 6 nitrogen and oxygen atoms in total. The van der Waals surface area contributed by atoms with E-state index in [1.54, 1.807) is 17.0 Å². The lowest BCUT2D eigenvalue weighted by atomic mass is 10.0. The summed E-state index contributed by atoms with van der Waals surface area (Å²) in [7, 11) is 0. The normalized spacial score (nSPS) is 17.9. The van der Waals surface area contributed by atoms with Gasteiger partial charge in [-0.15, -0.1) is 0 Å². The van der Waals surface area contributed by atoms with Crippen LogP contribution in [0.2, 0.25) is 0 Å². The number of rotatable bonds is 4. The van der Waals surface area contributed by atoms with Gasteiger partial charge in [0, 0.05) is 44.3 Å². The van der Waals surface area contributed by atoms with E-state index in [-0.39, 0.29) is 24.3 Å². The monoisotopic (exact) mass is 423 g/mol. The Morgan fingerprint density at radius 1 is 0.968 bits per heavy atom. The highest BCUT2D eigenvalue weighted by molar-refractivity contribution is 6.35.